The predicted octanol–water partition coefficient (Wildman–Crippen LogP) is 2.93. The minimum absolute atomic E-state index is 0.00311. The van der Waals surface area contributed by atoms with E-state index in [4.69, 9.17) is 5.10 Å². The maximum atomic E-state index is 12.7. The van der Waals surface area contributed by atoms with E-state index in [9.17, 15) is 9.59 Å². The lowest BCUT2D eigenvalue weighted by Crippen LogP contribution is -2.44. The number of nitrogens with zero attached hydrogens (tertiary/aromatic N) is 3. The summed E-state index contributed by atoms with van der Waals surface area (Å²) in [6.45, 7) is 13.7. The number of carbonyl (C=O) groups is 2. The Morgan fingerprint density at radius 2 is 1.69 bits per heavy atom. The molecule has 0 aromatic carbocycles. The van der Waals surface area contributed by atoms with Crippen molar-refractivity contribution in [2.24, 2.45) is 5.92 Å². The summed E-state index contributed by atoms with van der Waals surface area (Å²) in [6, 6.07) is 1.83. The molecule has 0 radical (unpaired) electrons. The molecular formula is C19H33N5O2. The molecule has 0 spiro atoms. The predicted molar refractivity (Wildman–Crippen MR) is 103 cm³/mol. The van der Waals surface area contributed by atoms with E-state index < -0.39 is 0 Å². The molecule has 0 atom stereocenters. The topological polar surface area (TPSA) is 79.3 Å². The van der Waals surface area contributed by atoms with Gasteiger partial charge >= 0.3 is 6.03 Å². The zero-order valence-corrected chi connectivity index (χ0v) is 17.1. The van der Waals surface area contributed by atoms with Crippen molar-refractivity contribution in [2.75, 3.05) is 25.5 Å². The molecule has 1 aromatic rings. The van der Waals surface area contributed by atoms with E-state index in [2.05, 4.69) is 52.2 Å². The summed E-state index contributed by atoms with van der Waals surface area (Å²) in [5.74, 6) is 0.767. The third-order valence-corrected chi connectivity index (χ3v) is 4.75. The summed E-state index contributed by atoms with van der Waals surface area (Å²) < 4.78 is 1.88. The van der Waals surface area contributed by atoms with Gasteiger partial charge in [-0.2, -0.15) is 5.10 Å². The number of carbonyl (C=O) groups excluding carboxylic acids is 2. The smallest absolute Gasteiger partial charge is 0.323 e. The lowest BCUT2D eigenvalue weighted by atomic mass is 9.92. The fourth-order valence-electron chi connectivity index (χ4n) is 3.09. The normalized spacial score (nSPS) is 16.5. The van der Waals surface area contributed by atoms with Crippen molar-refractivity contribution < 1.29 is 9.59 Å². The summed E-state index contributed by atoms with van der Waals surface area (Å²) in [4.78, 5) is 26.2. The van der Waals surface area contributed by atoms with Gasteiger partial charge in [0.25, 0.3) is 0 Å². The van der Waals surface area contributed by atoms with E-state index in [1.165, 1.54) is 0 Å². The van der Waals surface area contributed by atoms with Crippen molar-refractivity contribution in [1.82, 2.24) is 20.0 Å². The standard InChI is InChI=1S/C19H33N5O2/c1-18(2,3)14-12-15(24(22-14)19(4,5)6)21-17(26)23-10-8-13(9-11-23)16(25)20-7/h12-13H,8-11H2,1-7H3,(H,20,25)(H,21,26). The van der Waals surface area contributed by atoms with Crippen molar-refractivity contribution in [1.29, 1.82) is 0 Å². The molecule has 0 aliphatic carbocycles. The molecule has 2 rings (SSSR count). The van der Waals surface area contributed by atoms with Gasteiger partial charge in [-0.25, -0.2) is 9.48 Å². The maximum Gasteiger partial charge on any atom is 0.323 e. The van der Waals surface area contributed by atoms with Gasteiger partial charge in [0.05, 0.1) is 11.2 Å². The van der Waals surface area contributed by atoms with Crippen LogP contribution in [0.4, 0.5) is 10.6 Å². The van der Waals surface area contributed by atoms with Crippen LogP contribution in [0.3, 0.4) is 0 Å². The maximum absolute atomic E-state index is 12.7. The Bertz CT molecular complexity index is 658. The highest BCUT2D eigenvalue weighted by atomic mass is 16.2. The molecule has 1 aliphatic heterocycles. The van der Waals surface area contributed by atoms with E-state index in [-0.39, 0.29) is 28.8 Å². The summed E-state index contributed by atoms with van der Waals surface area (Å²) in [5.41, 5.74) is 0.612. The van der Waals surface area contributed by atoms with Crippen LogP contribution in [0.1, 0.15) is 60.1 Å². The fraction of sp³-hybridized carbons (Fsp3) is 0.737. The van der Waals surface area contributed by atoms with E-state index >= 15 is 0 Å². The van der Waals surface area contributed by atoms with E-state index in [1.54, 1.807) is 11.9 Å². The SMILES string of the molecule is CNC(=O)C1CCN(C(=O)Nc2cc(C(C)(C)C)nn2C(C)(C)C)CC1. The molecular weight excluding hydrogens is 330 g/mol. The Kier molecular flexibility index (Phi) is 5.68. The van der Waals surface area contributed by atoms with Crippen LogP contribution < -0.4 is 10.6 Å². The van der Waals surface area contributed by atoms with Gasteiger partial charge in [-0.15, -0.1) is 0 Å². The first kappa shape index (κ1) is 20.3. The van der Waals surface area contributed by atoms with Gasteiger partial charge in [-0.3, -0.25) is 10.1 Å². The van der Waals surface area contributed by atoms with Gasteiger partial charge in [-0.05, 0) is 33.6 Å². The number of hydrogen-bond donors (Lipinski definition) is 2. The number of piperidine rings is 1. The molecule has 1 fully saturated rings. The molecule has 2 N–H and O–H groups in total. The number of aromatic nitrogens is 2. The number of rotatable bonds is 2. The summed E-state index contributed by atoms with van der Waals surface area (Å²) in [7, 11) is 1.65. The third kappa shape index (κ3) is 4.56. The van der Waals surface area contributed by atoms with Crippen molar-refractivity contribution in [3.05, 3.63) is 11.8 Å². The van der Waals surface area contributed by atoms with Crippen LogP contribution in [0.2, 0.25) is 0 Å². The third-order valence-electron chi connectivity index (χ3n) is 4.75. The second-order valence-corrected chi connectivity index (χ2v) is 9.05. The Morgan fingerprint density at radius 3 is 2.15 bits per heavy atom. The van der Waals surface area contributed by atoms with Crippen LogP contribution >= 0.6 is 0 Å². The summed E-state index contributed by atoms with van der Waals surface area (Å²) >= 11 is 0. The van der Waals surface area contributed by atoms with Gasteiger partial charge in [0.15, 0.2) is 0 Å². The molecule has 0 bridgehead atoms. The minimum Gasteiger partial charge on any atom is -0.359 e. The number of anilines is 1. The Morgan fingerprint density at radius 1 is 1.12 bits per heavy atom. The highest BCUT2D eigenvalue weighted by Crippen LogP contribution is 2.28. The van der Waals surface area contributed by atoms with Crippen LogP contribution in [0.25, 0.3) is 0 Å². The monoisotopic (exact) mass is 363 g/mol. The van der Waals surface area contributed by atoms with Gasteiger partial charge < -0.3 is 10.2 Å². The summed E-state index contributed by atoms with van der Waals surface area (Å²) in [6.07, 6.45) is 1.39. The lowest BCUT2D eigenvalue weighted by Gasteiger charge is -2.31. The van der Waals surface area contributed by atoms with Crippen LogP contribution in [-0.2, 0) is 15.7 Å². The fourth-order valence-corrected chi connectivity index (χ4v) is 3.09. The highest BCUT2D eigenvalue weighted by Gasteiger charge is 2.29. The van der Waals surface area contributed by atoms with Gasteiger partial charge in [0, 0.05) is 37.5 Å². The number of amides is 3. The zero-order chi connectivity index (χ0) is 19.7. The molecule has 1 aliphatic rings. The number of likely N-dealkylation sites (tertiary alicyclic amines) is 1. The minimum atomic E-state index is -0.238. The molecule has 0 unspecified atom stereocenters. The van der Waals surface area contributed by atoms with Crippen molar-refractivity contribution in [3.63, 3.8) is 0 Å². The average Bonchev–Trinajstić information content (AvgIpc) is 2.98. The molecule has 3 amide bonds. The molecule has 1 aromatic heterocycles. The van der Waals surface area contributed by atoms with E-state index in [0.717, 1.165) is 5.69 Å². The number of urea groups is 1. The van der Waals surface area contributed by atoms with Crippen molar-refractivity contribution >= 4 is 17.8 Å². The lowest BCUT2D eigenvalue weighted by molar-refractivity contribution is -0.125. The molecule has 1 saturated heterocycles. The van der Waals surface area contributed by atoms with E-state index in [0.29, 0.717) is 31.7 Å². The molecule has 0 saturated carbocycles. The number of nitrogens with one attached hydrogen (secondary N) is 2. The van der Waals surface area contributed by atoms with E-state index in [1.807, 2.05) is 10.7 Å². The Labute approximate surface area is 156 Å². The molecule has 146 valence electrons. The van der Waals surface area contributed by atoms with Crippen molar-refractivity contribution in [3.8, 4) is 0 Å². The van der Waals surface area contributed by atoms with Gasteiger partial charge in [0.1, 0.15) is 5.82 Å². The average molecular weight is 364 g/mol. The van der Waals surface area contributed by atoms with Gasteiger partial charge in [0.2, 0.25) is 5.91 Å². The zero-order valence-electron chi connectivity index (χ0n) is 17.1. The first-order chi connectivity index (χ1) is 11.9. The first-order valence-corrected chi connectivity index (χ1v) is 9.32. The largest absolute Gasteiger partial charge is 0.359 e. The first-order valence-electron chi connectivity index (χ1n) is 9.32. The quantitative estimate of drug-likeness (QED) is 0.848. The van der Waals surface area contributed by atoms with Crippen LogP contribution in [0, 0.1) is 5.92 Å². The summed E-state index contributed by atoms with van der Waals surface area (Å²) in [5, 5.41) is 10.4. The van der Waals surface area contributed by atoms with Crippen LogP contribution in [0.15, 0.2) is 6.07 Å². The number of hydrogen-bond acceptors (Lipinski definition) is 3. The molecule has 7 nitrogen and oxygen atoms in total. The highest BCUT2D eigenvalue weighted by molar-refractivity contribution is 5.89. The Balaban J connectivity index is 2.12. The van der Waals surface area contributed by atoms with Crippen LogP contribution in [-0.4, -0.2) is 46.8 Å². The van der Waals surface area contributed by atoms with Crippen LogP contribution in [0.5, 0.6) is 0 Å². The second kappa shape index (κ2) is 7.29. The Hall–Kier alpha value is -2.05. The molecule has 2 heterocycles. The van der Waals surface area contributed by atoms with Crippen molar-refractivity contribution in [2.45, 2.75) is 65.3 Å². The molecule has 26 heavy (non-hydrogen) atoms. The second-order valence-electron chi connectivity index (χ2n) is 9.05. The molecule has 7 heteroatoms. The van der Waals surface area contributed by atoms with Gasteiger partial charge in [-0.1, -0.05) is 20.8 Å².